The monoisotopic (exact) mass is 301 g/mol. The zero-order valence-corrected chi connectivity index (χ0v) is 10.9. The molecule has 17 heavy (non-hydrogen) atoms. The number of amides is 1. The second-order valence-corrected chi connectivity index (χ2v) is 4.49. The van der Waals surface area contributed by atoms with E-state index in [0.717, 1.165) is 0 Å². The Bertz CT molecular complexity index is 445. The average Bonchev–Trinajstić information content (AvgIpc) is 2.19. The van der Waals surface area contributed by atoms with Gasteiger partial charge in [-0.2, -0.15) is 0 Å². The molecule has 0 aromatic heterocycles. The summed E-state index contributed by atoms with van der Waals surface area (Å²) in [6.07, 6.45) is -0.941. The Labute approximate surface area is 107 Å². The van der Waals surface area contributed by atoms with E-state index >= 15 is 0 Å². The third-order valence-electron chi connectivity index (χ3n) is 1.79. The summed E-state index contributed by atoms with van der Waals surface area (Å²) < 4.78 is 5.49. The Balaban J connectivity index is 2.91. The van der Waals surface area contributed by atoms with Crippen molar-refractivity contribution in [3.8, 4) is 0 Å². The van der Waals surface area contributed by atoms with Crippen molar-refractivity contribution < 1.29 is 19.4 Å². The van der Waals surface area contributed by atoms with Gasteiger partial charge in [-0.25, -0.2) is 9.59 Å². The lowest BCUT2D eigenvalue weighted by Crippen LogP contribution is -2.19. The summed E-state index contributed by atoms with van der Waals surface area (Å²) in [6.45, 7) is 3.42. The Morgan fingerprint density at radius 1 is 1.41 bits per heavy atom. The molecule has 1 amide bonds. The average molecular weight is 302 g/mol. The molecular weight excluding hydrogens is 290 g/mol. The molecular formula is C11H12BrNO4. The molecule has 0 spiro atoms. The van der Waals surface area contributed by atoms with Crippen LogP contribution in [0.15, 0.2) is 22.7 Å². The number of halogens is 1. The number of hydrogen-bond donors (Lipinski definition) is 2. The number of carbonyl (C=O) groups is 2. The van der Waals surface area contributed by atoms with Crippen LogP contribution >= 0.6 is 15.9 Å². The highest BCUT2D eigenvalue weighted by atomic mass is 79.9. The zero-order chi connectivity index (χ0) is 13.0. The van der Waals surface area contributed by atoms with Gasteiger partial charge in [0.1, 0.15) is 0 Å². The molecule has 1 aromatic rings. The van der Waals surface area contributed by atoms with Crippen LogP contribution in [0.1, 0.15) is 24.2 Å². The summed E-state index contributed by atoms with van der Waals surface area (Å²) in [5, 5.41) is 11.4. The van der Waals surface area contributed by atoms with Crippen molar-refractivity contribution in [3.63, 3.8) is 0 Å². The van der Waals surface area contributed by atoms with Gasteiger partial charge in [0.25, 0.3) is 0 Å². The van der Waals surface area contributed by atoms with Gasteiger partial charge in [0.05, 0.1) is 17.4 Å². The second-order valence-electron chi connectivity index (χ2n) is 3.57. The fourth-order valence-corrected chi connectivity index (χ4v) is 1.52. The van der Waals surface area contributed by atoms with E-state index in [0.29, 0.717) is 4.47 Å². The van der Waals surface area contributed by atoms with Crippen LogP contribution in [0.25, 0.3) is 0 Å². The lowest BCUT2D eigenvalue weighted by atomic mass is 10.2. The van der Waals surface area contributed by atoms with E-state index < -0.39 is 12.1 Å². The molecule has 0 radical (unpaired) electrons. The van der Waals surface area contributed by atoms with Crippen LogP contribution in [0, 0.1) is 0 Å². The normalized spacial score (nSPS) is 10.1. The number of ether oxygens (including phenoxy) is 1. The molecule has 1 rings (SSSR count). The lowest BCUT2D eigenvalue weighted by Gasteiger charge is -2.11. The van der Waals surface area contributed by atoms with Gasteiger partial charge < -0.3 is 9.84 Å². The van der Waals surface area contributed by atoms with Gasteiger partial charge in [-0.3, -0.25) is 5.32 Å². The predicted octanol–water partition coefficient (Wildman–Crippen LogP) is 3.10. The van der Waals surface area contributed by atoms with Gasteiger partial charge >= 0.3 is 12.1 Å². The maximum atomic E-state index is 11.3. The smallest absolute Gasteiger partial charge is 0.411 e. The molecule has 0 atom stereocenters. The molecule has 2 N–H and O–H groups in total. The first-order valence-corrected chi connectivity index (χ1v) is 5.70. The van der Waals surface area contributed by atoms with Crippen LogP contribution in [0.4, 0.5) is 10.5 Å². The fraction of sp³-hybridized carbons (Fsp3) is 0.273. The number of benzene rings is 1. The maximum absolute atomic E-state index is 11.3. The molecule has 6 heteroatoms. The van der Waals surface area contributed by atoms with E-state index in [-0.39, 0.29) is 17.4 Å². The summed E-state index contributed by atoms with van der Waals surface area (Å²) in [5.74, 6) is -1.12. The Morgan fingerprint density at radius 3 is 2.59 bits per heavy atom. The third kappa shape index (κ3) is 4.07. The first-order valence-electron chi connectivity index (χ1n) is 4.90. The number of carboxylic acid groups (broad SMARTS) is 1. The molecule has 1 aromatic carbocycles. The van der Waals surface area contributed by atoms with Crippen molar-refractivity contribution in [2.75, 3.05) is 5.32 Å². The number of nitrogens with one attached hydrogen (secondary N) is 1. The standard InChI is InChI=1S/C11H12BrNO4/c1-6(2)17-11(16)13-9-4-3-7(12)5-8(9)10(14)15/h3-6H,1-2H3,(H,13,16)(H,14,15). The SMILES string of the molecule is CC(C)OC(=O)Nc1ccc(Br)cc1C(=O)O. The number of anilines is 1. The minimum absolute atomic E-state index is 0.0000751. The molecule has 0 unspecified atom stereocenters. The molecule has 0 aliphatic carbocycles. The molecule has 0 aliphatic heterocycles. The van der Waals surface area contributed by atoms with Gasteiger partial charge in [0, 0.05) is 4.47 Å². The van der Waals surface area contributed by atoms with Crippen LogP contribution in [-0.4, -0.2) is 23.3 Å². The van der Waals surface area contributed by atoms with E-state index in [4.69, 9.17) is 9.84 Å². The van der Waals surface area contributed by atoms with Crippen LogP contribution < -0.4 is 5.32 Å². The summed E-state index contributed by atoms with van der Waals surface area (Å²) in [5.41, 5.74) is 0.200. The van der Waals surface area contributed by atoms with Crippen molar-refractivity contribution >= 4 is 33.7 Å². The Morgan fingerprint density at radius 2 is 2.06 bits per heavy atom. The first kappa shape index (κ1) is 13.5. The fourth-order valence-electron chi connectivity index (χ4n) is 1.16. The lowest BCUT2D eigenvalue weighted by molar-refractivity contribution is 0.0698. The van der Waals surface area contributed by atoms with Gasteiger partial charge in [-0.15, -0.1) is 0 Å². The third-order valence-corrected chi connectivity index (χ3v) is 2.28. The topological polar surface area (TPSA) is 75.6 Å². The Kier molecular flexibility index (Phi) is 4.51. The molecule has 92 valence electrons. The van der Waals surface area contributed by atoms with E-state index in [9.17, 15) is 9.59 Å². The number of carbonyl (C=O) groups excluding carboxylic acids is 1. The van der Waals surface area contributed by atoms with Crippen LogP contribution in [0.5, 0.6) is 0 Å². The van der Waals surface area contributed by atoms with Crippen LogP contribution in [0.2, 0.25) is 0 Å². The van der Waals surface area contributed by atoms with Gasteiger partial charge in [0.15, 0.2) is 0 Å². The summed E-state index contributed by atoms with van der Waals surface area (Å²) in [4.78, 5) is 22.3. The zero-order valence-electron chi connectivity index (χ0n) is 9.36. The van der Waals surface area contributed by atoms with Gasteiger partial charge in [0.2, 0.25) is 0 Å². The van der Waals surface area contributed by atoms with Crippen molar-refractivity contribution in [2.45, 2.75) is 20.0 Å². The largest absolute Gasteiger partial charge is 0.478 e. The molecule has 5 nitrogen and oxygen atoms in total. The molecule has 0 fully saturated rings. The maximum Gasteiger partial charge on any atom is 0.411 e. The second kappa shape index (κ2) is 5.67. The summed E-state index contributed by atoms with van der Waals surface area (Å²) >= 11 is 3.16. The van der Waals surface area contributed by atoms with Crippen LogP contribution in [0.3, 0.4) is 0 Å². The Hall–Kier alpha value is -1.56. The summed E-state index contributed by atoms with van der Waals surface area (Å²) in [6, 6.07) is 4.54. The molecule has 0 aliphatic rings. The van der Waals surface area contributed by atoms with Gasteiger partial charge in [-0.1, -0.05) is 15.9 Å². The minimum Gasteiger partial charge on any atom is -0.478 e. The van der Waals surface area contributed by atoms with Crippen molar-refractivity contribution in [1.82, 2.24) is 0 Å². The van der Waals surface area contributed by atoms with Gasteiger partial charge in [-0.05, 0) is 32.0 Å². The first-order chi connectivity index (χ1) is 7.90. The van der Waals surface area contributed by atoms with E-state index in [1.165, 1.54) is 12.1 Å². The molecule has 0 saturated carbocycles. The van der Waals surface area contributed by atoms with Crippen molar-refractivity contribution in [2.24, 2.45) is 0 Å². The highest BCUT2D eigenvalue weighted by Crippen LogP contribution is 2.21. The quantitative estimate of drug-likeness (QED) is 0.899. The molecule has 0 heterocycles. The molecule has 0 saturated heterocycles. The minimum atomic E-state index is -1.12. The van der Waals surface area contributed by atoms with Crippen molar-refractivity contribution in [3.05, 3.63) is 28.2 Å². The number of carboxylic acids is 1. The van der Waals surface area contributed by atoms with Crippen molar-refractivity contribution in [1.29, 1.82) is 0 Å². The highest BCUT2D eigenvalue weighted by molar-refractivity contribution is 9.10. The van der Waals surface area contributed by atoms with Crippen LogP contribution in [-0.2, 0) is 4.74 Å². The number of rotatable bonds is 3. The van der Waals surface area contributed by atoms with E-state index in [1.54, 1.807) is 19.9 Å². The predicted molar refractivity (Wildman–Crippen MR) is 66.3 cm³/mol. The number of hydrogen-bond acceptors (Lipinski definition) is 3. The van der Waals surface area contributed by atoms with E-state index in [2.05, 4.69) is 21.2 Å². The highest BCUT2D eigenvalue weighted by Gasteiger charge is 2.14. The number of aromatic carboxylic acids is 1. The van der Waals surface area contributed by atoms with E-state index in [1.807, 2.05) is 0 Å². The molecule has 0 bridgehead atoms. The summed E-state index contributed by atoms with van der Waals surface area (Å²) in [7, 11) is 0.